The predicted molar refractivity (Wildman–Crippen MR) is 96.3 cm³/mol. The van der Waals surface area contributed by atoms with Crippen LogP contribution in [-0.2, 0) is 4.79 Å². The van der Waals surface area contributed by atoms with Crippen molar-refractivity contribution in [3.63, 3.8) is 0 Å². The quantitative estimate of drug-likeness (QED) is 0.479. The van der Waals surface area contributed by atoms with Crippen molar-refractivity contribution in [2.24, 2.45) is 0 Å². The molecule has 9 heteroatoms. The average molecular weight is 386 g/mol. The molecule has 8 nitrogen and oxygen atoms in total. The van der Waals surface area contributed by atoms with Crippen LogP contribution >= 0.6 is 11.8 Å². The molecule has 0 radical (unpaired) electrons. The van der Waals surface area contributed by atoms with Crippen molar-refractivity contribution in [2.75, 3.05) is 0 Å². The number of aromatic carboxylic acids is 1. The van der Waals surface area contributed by atoms with E-state index in [2.05, 4.69) is 10.2 Å². The molecule has 0 aliphatic heterocycles. The number of carbonyl (C=O) groups is 2. The van der Waals surface area contributed by atoms with Crippen molar-refractivity contribution in [1.29, 1.82) is 0 Å². The molecule has 0 saturated heterocycles. The monoisotopic (exact) mass is 386 g/mol. The van der Waals surface area contributed by atoms with Gasteiger partial charge in [0.1, 0.15) is 16.4 Å². The van der Waals surface area contributed by atoms with Crippen molar-refractivity contribution < 1.29 is 28.6 Å². The fourth-order valence-electron chi connectivity index (χ4n) is 2.39. The van der Waals surface area contributed by atoms with Gasteiger partial charge in [0.25, 0.3) is 5.22 Å². The Bertz CT molecular complexity index is 1050. The van der Waals surface area contributed by atoms with Crippen molar-refractivity contribution in [2.45, 2.75) is 19.1 Å². The molecule has 2 aromatic heterocycles. The second-order valence-electron chi connectivity index (χ2n) is 5.49. The summed E-state index contributed by atoms with van der Waals surface area (Å²) in [5.74, 6) is -1.13. The summed E-state index contributed by atoms with van der Waals surface area (Å²) < 4.78 is 10.9. The van der Waals surface area contributed by atoms with E-state index in [1.807, 2.05) is 0 Å². The first-order chi connectivity index (χ1) is 12.8. The van der Waals surface area contributed by atoms with E-state index < -0.39 is 11.9 Å². The fraction of sp³-hybridized carbons (Fsp3) is 0.111. The van der Waals surface area contributed by atoms with Crippen LogP contribution in [0.4, 0.5) is 0 Å². The van der Waals surface area contributed by atoms with E-state index in [4.69, 9.17) is 8.83 Å². The van der Waals surface area contributed by atoms with Crippen LogP contribution < -0.4 is 0 Å². The van der Waals surface area contributed by atoms with Crippen molar-refractivity contribution in [3.05, 3.63) is 58.0 Å². The van der Waals surface area contributed by atoms with Gasteiger partial charge in [-0.15, -0.1) is 10.2 Å². The summed E-state index contributed by atoms with van der Waals surface area (Å²) >= 11 is 0.811. The van der Waals surface area contributed by atoms with Gasteiger partial charge >= 0.3 is 11.9 Å². The van der Waals surface area contributed by atoms with Crippen molar-refractivity contribution in [1.82, 2.24) is 10.2 Å². The second kappa shape index (κ2) is 7.50. The van der Waals surface area contributed by atoms with Crippen LogP contribution in [0.5, 0.6) is 0 Å². The number of carboxylic acid groups (broad SMARTS) is 2. The second-order valence-corrected chi connectivity index (χ2v) is 6.48. The molecule has 27 heavy (non-hydrogen) atoms. The molecule has 0 spiro atoms. The molecule has 0 aliphatic rings. The zero-order chi connectivity index (χ0) is 19.6. The summed E-state index contributed by atoms with van der Waals surface area (Å²) in [6.07, 6.45) is 1.34. The maximum Gasteiger partial charge on any atom is 0.342 e. The molecule has 0 bridgehead atoms. The summed E-state index contributed by atoms with van der Waals surface area (Å²) in [5.41, 5.74) is 1.35. The molecule has 3 rings (SSSR count). The number of aliphatic carboxylic acids is 1. The first kappa shape index (κ1) is 18.5. The maximum absolute atomic E-state index is 11.5. The number of rotatable bonds is 6. The summed E-state index contributed by atoms with van der Waals surface area (Å²) in [7, 11) is 0. The third kappa shape index (κ3) is 4.09. The first-order valence-corrected chi connectivity index (χ1v) is 8.53. The molecular weight excluding hydrogens is 372 g/mol. The lowest BCUT2D eigenvalue weighted by Gasteiger charge is -2.06. The molecule has 1 aromatic carbocycles. The van der Waals surface area contributed by atoms with Gasteiger partial charge in [-0.2, -0.15) is 0 Å². The lowest BCUT2D eigenvalue weighted by Crippen LogP contribution is -2.00. The molecule has 0 atom stereocenters. The largest absolute Gasteiger partial charge is 0.478 e. The minimum absolute atomic E-state index is 0.0597. The standard InChI is InChI=1S/C18H14N2O6S/c1-9-12(4-3-5-13(9)16(21)22)14-7-6-11(26-14)8-15(17(23)24)27-18-20-19-10(2)25-18/h3-8H,1-2H3,(H,21,22)(H,23,24)/b15-8-. The molecule has 0 saturated carbocycles. The van der Waals surface area contributed by atoms with E-state index in [1.165, 1.54) is 12.1 Å². The Hall–Kier alpha value is -3.33. The van der Waals surface area contributed by atoms with E-state index >= 15 is 0 Å². The van der Waals surface area contributed by atoms with Crippen LogP contribution in [0.3, 0.4) is 0 Å². The summed E-state index contributed by atoms with van der Waals surface area (Å²) in [6.45, 7) is 3.29. The molecule has 138 valence electrons. The van der Waals surface area contributed by atoms with Crippen LogP contribution in [0.2, 0.25) is 0 Å². The Labute approximate surface area is 157 Å². The lowest BCUT2D eigenvalue weighted by molar-refractivity contribution is -0.131. The predicted octanol–water partition coefficient (Wildman–Crippen LogP) is 3.86. The number of carboxylic acids is 2. The highest BCUT2D eigenvalue weighted by Crippen LogP contribution is 2.31. The molecule has 3 aromatic rings. The van der Waals surface area contributed by atoms with Crippen molar-refractivity contribution >= 4 is 29.8 Å². The molecule has 2 heterocycles. The number of benzene rings is 1. The molecular formula is C18H14N2O6S. The van der Waals surface area contributed by atoms with E-state index in [9.17, 15) is 19.8 Å². The third-order valence-electron chi connectivity index (χ3n) is 3.65. The van der Waals surface area contributed by atoms with Gasteiger partial charge in [0.15, 0.2) is 0 Å². The summed E-state index contributed by atoms with van der Waals surface area (Å²) in [6, 6.07) is 8.13. The topological polar surface area (TPSA) is 127 Å². The van der Waals surface area contributed by atoms with Crippen molar-refractivity contribution in [3.8, 4) is 11.3 Å². The highest BCUT2D eigenvalue weighted by Gasteiger charge is 2.17. The first-order valence-electron chi connectivity index (χ1n) is 7.71. The Morgan fingerprint density at radius 1 is 1.07 bits per heavy atom. The van der Waals surface area contributed by atoms with Gasteiger partial charge in [-0.05, 0) is 42.4 Å². The van der Waals surface area contributed by atoms with Gasteiger partial charge < -0.3 is 19.0 Å². The van der Waals surface area contributed by atoms with Gasteiger partial charge in [0, 0.05) is 18.6 Å². The van der Waals surface area contributed by atoms with Gasteiger partial charge in [-0.25, -0.2) is 9.59 Å². The highest BCUT2D eigenvalue weighted by molar-refractivity contribution is 8.03. The molecule has 0 aliphatic carbocycles. The number of aryl methyl sites for hydroxylation is 1. The Balaban J connectivity index is 1.92. The highest BCUT2D eigenvalue weighted by atomic mass is 32.2. The van der Waals surface area contributed by atoms with Crippen LogP contribution in [0.25, 0.3) is 17.4 Å². The Morgan fingerprint density at radius 3 is 2.48 bits per heavy atom. The van der Waals surface area contributed by atoms with E-state index in [0.29, 0.717) is 28.5 Å². The number of thioether (sulfide) groups is 1. The minimum Gasteiger partial charge on any atom is -0.478 e. The van der Waals surface area contributed by atoms with Crippen LogP contribution in [-0.4, -0.2) is 32.3 Å². The van der Waals surface area contributed by atoms with Gasteiger partial charge in [0.2, 0.25) is 5.89 Å². The number of hydrogen-bond acceptors (Lipinski definition) is 7. The Morgan fingerprint density at radius 2 is 1.85 bits per heavy atom. The number of furan rings is 1. The zero-order valence-corrected chi connectivity index (χ0v) is 15.1. The Kier molecular flexibility index (Phi) is 5.13. The van der Waals surface area contributed by atoms with E-state index in [0.717, 1.165) is 11.8 Å². The normalized spacial score (nSPS) is 11.6. The fourth-order valence-corrected chi connectivity index (χ4v) is 3.08. The van der Waals surface area contributed by atoms with Gasteiger partial charge in [-0.3, -0.25) is 0 Å². The van der Waals surface area contributed by atoms with Gasteiger partial charge in [0.05, 0.1) is 5.56 Å². The molecule has 0 fully saturated rings. The molecule has 0 unspecified atom stereocenters. The number of hydrogen-bond donors (Lipinski definition) is 2. The molecule has 0 amide bonds. The zero-order valence-electron chi connectivity index (χ0n) is 14.3. The lowest BCUT2D eigenvalue weighted by atomic mass is 10.0. The average Bonchev–Trinajstić information content (AvgIpc) is 3.23. The summed E-state index contributed by atoms with van der Waals surface area (Å²) in [5, 5.41) is 26.1. The maximum atomic E-state index is 11.5. The third-order valence-corrected chi connectivity index (χ3v) is 4.50. The van der Waals surface area contributed by atoms with Crippen LogP contribution in [0, 0.1) is 13.8 Å². The van der Waals surface area contributed by atoms with Crippen LogP contribution in [0.1, 0.15) is 27.6 Å². The molecule has 2 N–H and O–H groups in total. The van der Waals surface area contributed by atoms with E-state index in [-0.39, 0.29) is 15.7 Å². The number of aromatic nitrogens is 2. The van der Waals surface area contributed by atoms with Crippen LogP contribution in [0.15, 0.2) is 49.3 Å². The number of nitrogens with zero attached hydrogens (tertiary/aromatic N) is 2. The van der Waals surface area contributed by atoms with Gasteiger partial charge in [-0.1, -0.05) is 12.1 Å². The van der Waals surface area contributed by atoms with E-state index in [1.54, 1.807) is 38.1 Å². The SMILES string of the molecule is Cc1nnc(S/C(=C\c2ccc(-c3cccc(C(=O)O)c3C)o2)C(=O)O)o1. The smallest absolute Gasteiger partial charge is 0.342 e. The minimum atomic E-state index is -1.17. The summed E-state index contributed by atoms with van der Waals surface area (Å²) in [4.78, 5) is 22.7.